The van der Waals surface area contributed by atoms with Crippen molar-refractivity contribution in [3.63, 3.8) is 0 Å². The molecule has 154 valence electrons. The molecule has 4 rings (SSSR count). The highest BCUT2D eigenvalue weighted by molar-refractivity contribution is 6.40. The number of nitrogens with zero attached hydrogens (tertiary/aromatic N) is 1. The number of carbonyl (C=O) groups excluding carboxylic acids is 2. The molecular formula is C22H20Cl2N4O2. The van der Waals surface area contributed by atoms with Crippen LogP contribution in [0.3, 0.4) is 0 Å². The minimum atomic E-state index is -0.423. The van der Waals surface area contributed by atoms with Crippen LogP contribution in [0.1, 0.15) is 36.0 Å². The summed E-state index contributed by atoms with van der Waals surface area (Å²) in [5.41, 5.74) is 7.78. The van der Waals surface area contributed by atoms with Gasteiger partial charge in [-0.05, 0) is 37.1 Å². The number of pyridine rings is 1. The van der Waals surface area contributed by atoms with Crippen molar-refractivity contribution < 1.29 is 9.59 Å². The Kier molecular flexibility index (Phi) is 6.06. The van der Waals surface area contributed by atoms with E-state index in [0.717, 1.165) is 31.1 Å². The van der Waals surface area contributed by atoms with Gasteiger partial charge in [-0.25, -0.2) is 0 Å². The third kappa shape index (κ3) is 4.20. The van der Waals surface area contributed by atoms with Crippen LogP contribution in [0.4, 0.5) is 11.4 Å². The number of fused-ring (bicyclic) bond motifs is 1. The number of hydrazine groups is 1. The standard InChI is InChI=1S/C22H20Cl2N4O2/c23-15-8-4-9-16(24)19(15)22(30)26-18-10-3-7-14-17(11-12-25-20(14)18)27-28-21(29)13-5-1-2-6-13/h3-4,7-13H,1-2,5-6H2,(H,25,27)(H,26,30)(H,28,29). The summed E-state index contributed by atoms with van der Waals surface area (Å²) in [5.74, 6) is -0.371. The zero-order chi connectivity index (χ0) is 21.1. The highest BCUT2D eigenvalue weighted by Gasteiger charge is 2.22. The van der Waals surface area contributed by atoms with E-state index in [1.54, 1.807) is 42.6 Å². The van der Waals surface area contributed by atoms with Gasteiger partial charge in [0, 0.05) is 17.5 Å². The van der Waals surface area contributed by atoms with Crippen molar-refractivity contribution in [3.05, 3.63) is 64.3 Å². The van der Waals surface area contributed by atoms with Crippen molar-refractivity contribution in [3.8, 4) is 0 Å². The highest BCUT2D eigenvalue weighted by atomic mass is 35.5. The average Bonchev–Trinajstić information content (AvgIpc) is 3.27. The van der Waals surface area contributed by atoms with Gasteiger partial charge in [-0.2, -0.15) is 0 Å². The molecule has 0 radical (unpaired) electrons. The molecule has 1 heterocycles. The van der Waals surface area contributed by atoms with Crippen LogP contribution >= 0.6 is 23.2 Å². The van der Waals surface area contributed by atoms with E-state index < -0.39 is 5.91 Å². The Morgan fingerprint density at radius 2 is 1.63 bits per heavy atom. The molecule has 1 saturated carbocycles. The number of amides is 2. The van der Waals surface area contributed by atoms with Crippen LogP contribution in [0.25, 0.3) is 10.9 Å². The van der Waals surface area contributed by atoms with Crippen LogP contribution in [0.15, 0.2) is 48.7 Å². The molecule has 2 amide bonds. The number of para-hydroxylation sites is 1. The number of carbonyl (C=O) groups is 2. The molecule has 0 unspecified atom stereocenters. The largest absolute Gasteiger partial charge is 0.320 e. The van der Waals surface area contributed by atoms with Gasteiger partial charge in [0.15, 0.2) is 0 Å². The van der Waals surface area contributed by atoms with Crippen molar-refractivity contribution in [2.24, 2.45) is 5.92 Å². The van der Waals surface area contributed by atoms with Crippen LogP contribution in [0.5, 0.6) is 0 Å². The van der Waals surface area contributed by atoms with Crippen LogP contribution in [-0.4, -0.2) is 16.8 Å². The SMILES string of the molecule is O=C(Nc1cccc2c(NNC(=O)C3CCCC3)ccnc12)c1c(Cl)cccc1Cl. The number of aromatic nitrogens is 1. The van der Waals surface area contributed by atoms with Crippen LogP contribution in [0.2, 0.25) is 10.0 Å². The fourth-order valence-corrected chi connectivity index (χ4v) is 4.27. The van der Waals surface area contributed by atoms with E-state index in [-0.39, 0.29) is 27.4 Å². The number of benzene rings is 2. The molecule has 0 saturated heterocycles. The average molecular weight is 443 g/mol. The Bertz CT molecular complexity index is 1090. The fraction of sp³-hybridized carbons (Fsp3) is 0.227. The second-order valence-electron chi connectivity index (χ2n) is 7.21. The summed E-state index contributed by atoms with van der Waals surface area (Å²) >= 11 is 12.3. The van der Waals surface area contributed by atoms with E-state index in [1.165, 1.54) is 0 Å². The van der Waals surface area contributed by atoms with Crippen molar-refractivity contribution in [1.29, 1.82) is 0 Å². The first-order valence-electron chi connectivity index (χ1n) is 9.73. The van der Waals surface area contributed by atoms with Gasteiger partial charge >= 0.3 is 0 Å². The molecule has 30 heavy (non-hydrogen) atoms. The predicted octanol–water partition coefficient (Wildman–Crippen LogP) is 5.43. The van der Waals surface area contributed by atoms with Crippen molar-refractivity contribution in [2.75, 3.05) is 10.7 Å². The Morgan fingerprint density at radius 3 is 2.37 bits per heavy atom. The molecule has 3 aromatic rings. The molecule has 1 aromatic heterocycles. The maximum atomic E-state index is 12.8. The Morgan fingerprint density at radius 1 is 0.933 bits per heavy atom. The van der Waals surface area contributed by atoms with Crippen LogP contribution < -0.4 is 16.2 Å². The Balaban J connectivity index is 1.57. The number of rotatable bonds is 5. The van der Waals surface area contributed by atoms with Crippen molar-refractivity contribution in [2.45, 2.75) is 25.7 Å². The molecule has 0 spiro atoms. The fourth-order valence-electron chi connectivity index (χ4n) is 3.70. The lowest BCUT2D eigenvalue weighted by Crippen LogP contribution is -2.34. The summed E-state index contributed by atoms with van der Waals surface area (Å²) in [5, 5.41) is 4.13. The molecule has 1 aliphatic carbocycles. The highest BCUT2D eigenvalue weighted by Crippen LogP contribution is 2.30. The summed E-state index contributed by atoms with van der Waals surface area (Å²) in [4.78, 5) is 29.5. The van der Waals surface area contributed by atoms with E-state index >= 15 is 0 Å². The van der Waals surface area contributed by atoms with Gasteiger partial charge in [-0.1, -0.05) is 54.2 Å². The number of halogens is 2. The molecule has 0 aliphatic heterocycles. The topological polar surface area (TPSA) is 83.1 Å². The van der Waals surface area contributed by atoms with Crippen LogP contribution in [-0.2, 0) is 4.79 Å². The van der Waals surface area contributed by atoms with Gasteiger partial charge < -0.3 is 5.32 Å². The second kappa shape index (κ2) is 8.90. The zero-order valence-electron chi connectivity index (χ0n) is 16.0. The van der Waals surface area contributed by atoms with E-state index in [1.807, 2.05) is 6.07 Å². The quantitative estimate of drug-likeness (QED) is 0.460. The van der Waals surface area contributed by atoms with Crippen molar-refractivity contribution in [1.82, 2.24) is 10.4 Å². The van der Waals surface area contributed by atoms with E-state index in [4.69, 9.17) is 23.2 Å². The first kappa shape index (κ1) is 20.4. The summed E-state index contributed by atoms with van der Waals surface area (Å²) in [6, 6.07) is 12.1. The van der Waals surface area contributed by atoms with E-state index in [2.05, 4.69) is 21.2 Å². The van der Waals surface area contributed by atoms with Gasteiger partial charge in [-0.15, -0.1) is 0 Å². The lowest BCUT2D eigenvalue weighted by atomic mass is 10.1. The second-order valence-corrected chi connectivity index (χ2v) is 8.02. The lowest BCUT2D eigenvalue weighted by Gasteiger charge is -2.15. The van der Waals surface area contributed by atoms with Crippen LogP contribution in [0, 0.1) is 5.92 Å². The molecule has 0 bridgehead atoms. The van der Waals surface area contributed by atoms with Gasteiger partial charge in [0.25, 0.3) is 5.91 Å². The first-order valence-corrected chi connectivity index (χ1v) is 10.5. The predicted molar refractivity (Wildman–Crippen MR) is 120 cm³/mol. The summed E-state index contributed by atoms with van der Waals surface area (Å²) in [6.45, 7) is 0. The summed E-state index contributed by atoms with van der Waals surface area (Å²) in [7, 11) is 0. The molecule has 1 aliphatic rings. The molecule has 3 N–H and O–H groups in total. The normalized spacial score (nSPS) is 13.9. The minimum absolute atomic E-state index is 0.00437. The maximum Gasteiger partial charge on any atom is 0.258 e. The molecule has 2 aromatic carbocycles. The summed E-state index contributed by atoms with van der Waals surface area (Å²) in [6.07, 6.45) is 5.64. The monoisotopic (exact) mass is 442 g/mol. The number of hydrogen-bond donors (Lipinski definition) is 3. The number of anilines is 2. The van der Waals surface area contributed by atoms with Crippen molar-refractivity contribution >= 4 is 57.3 Å². The number of hydrogen-bond acceptors (Lipinski definition) is 4. The molecule has 6 nitrogen and oxygen atoms in total. The summed E-state index contributed by atoms with van der Waals surface area (Å²) < 4.78 is 0. The van der Waals surface area contributed by atoms with E-state index in [0.29, 0.717) is 16.9 Å². The van der Waals surface area contributed by atoms with Gasteiger partial charge in [0.1, 0.15) is 0 Å². The smallest absolute Gasteiger partial charge is 0.258 e. The Hall–Kier alpha value is -2.83. The van der Waals surface area contributed by atoms with Gasteiger partial charge in [0.2, 0.25) is 5.91 Å². The Labute approximate surface area is 183 Å². The van der Waals surface area contributed by atoms with Gasteiger partial charge in [0.05, 0.1) is 32.5 Å². The molecular weight excluding hydrogens is 423 g/mol. The van der Waals surface area contributed by atoms with Gasteiger partial charge in [-0.3, -0.25) is 25.4 Å². The maximum absolute atomic E-state index is 12.8. The minimum Gasteiger partial charge on any atom is -0.320 e. The third-order valence-corrected chi connectivity index (χ3v) is 5.89. The lowest BCUT2D eigenvalue weighted by molar-refractivity contribution is -0.124. The molecule has 8 heteroatoms. The third-order valence-electron chi connectivity index (χ3n) is 5.26. The van der Waals surface area contributed by atoms with E-state index in [9.17, 15) is 9.59 Å². The molecule has 0 atom stereocenters. The first-order chi connectivity index (χ1) is 14.5. The molecule has 1 fully saturated rings. The number of nitrogens with one attached hydrogen (secondary N) is 3. The zero-order valence-corrected chi connectivity index (χ0v) is 17.6.